The average molecular weight is 462 g/mol. The van der Waals surface area contributed by atoms with E-state index in [0.29, 0.717) is 0 Å². The molecule has 0 bridgehead atoms. The van der Waals surface area contributed by atoms with Gasteiger partial charge in [-0.05, 0) is 35.4 Å². The van der Waals surface area contributed by atoms with E-state index >= 15 is 0 Å². The minimum atomic E-state index is 0.961. The lowest BCUT2D eigenvalue weighted by atomic mass is 10.0. The van der Waals surface area contributed by atoms with Gasteiger partial charge in [0.15, 0.2) is 0 Å². The number of aromatic nitrogens is 3. The zero-order valence-electron chi connectivity index (χ0n) is 19.6. The van der Waals surface area contributed by atoms with Crippen molar-refractivity contribution >= 4 is 32.7 Å². The molecule has 170 valence electrons. The molecule has 0 N–H and O–H groups in total. The third-order valence-electron chi connectivity index (χ3n) is 6.21. The number of benzene rings is 4. The van der Waals surface area contributed by atoms with Gasteiger partial charge < -0.3 is 0 Å². The van der Waals surface area contributed by atoms with Crippen LogP contribution in [0.5, 0.6) is 0 Å². The van der Waals surface area contributed by atoms with E-state index in [2.05, 4.69) is 101 Å². The smallest absolute Gasteiger partial charge is 0.0972 e. The van der Waals surface area contributed by atoms with E-state index < -0.39 is 0 Å². The van der Waals surface area contributed by atoms with Crippen LogP contribution < -0.4 is 0 Å². The van der Waals surface area contributed by atoms with Crippen LogP contribution in [0.25, 0.3) is 55.1 Å². The van der Waals surface area contributed by atoms with E-state index in [1.807, 2.05) is 48.8 Å². The molecule has 0 amide bonds. The SMILES string of the molecule is c1ccc(-c2ccc3ccc4cccnc4c3n2)cc1.c1ccc(-c2ccc3cccnc3c2)cc1. The van der Waals surface area contributed by atoms with Gasteiger partial charge >= 0.3 is 0 Å². The van der Waals surface area contributed by atoms with Crippen molar-refractivity contribution in [1.29, 1.82) is 0 Å². The Morgan fingerprint density at radius 3 is 1.78 bits per heavy atom. The quantitative estimate of drug-likeness (QED) is 0.243. The van der Waals surface area contributed by atoms with E-state index in [0.717, 1.165) is 38.6 Å². The van der Waals surface area contributed by atoms with Gasteiger partial charge in [-0.1, -0.05) is 103 Å². The van der Waals surface area contributed by atoms with E-state index in [-0.39, 0.29) is 0 Å². The summed E-state index contributed by atoms with van der Waals surface area (Å²) in [6.07, 6.45) is 3.65. The fraction of sp³-hybridized carbons (Fsp3) is 0. The van der Waals surface area contributed by atoms with Gasteiger partial charge in [0.25, 0.3) is 0 Å². The summed E-state index contributed by atoms with van der Waals surface area (Å²) in [6.45, 7) is 0. The molecule has 0 aliphatic carbocycles. The Morgan fingerprint density at radius 1 is 0.389 bits per heavy atom. The van der Waals surface area contributed by atoms with E-state index in [9.17, 15) is 0 Å². The molecule has 4 aromatic carbocycles. The molecule has 0 unspecified atom stereocenters. The van der Waals surface area contributed by atoms with Crippen molar-refractivity contribution in [2.45, 2.75) is 0 Å². The molecular weight excluding hydrogens is 438 g/mol. The summed E-state index contributed by atoms with van der Waals surface area (Å²) in [5.74, 6) is 0. The normalized spacial score (nSPS) is 10.8. The first kappa shape index (κ1) is 21.6. The predicted molar refractivity (Wildman–Crippen MR) is 150 cm³/mol. The Morgan fingerprint density at radius 2 is 1.00 bits per heavy atom. The van der Waals surface area contributed by atoms with Crippen LogP contribution in [-0.4, -0.2) is 15.0 Å². The second-order valence-electron chi connectivity index (χ2n) is 8.55. The van der Waals surface area contributed by atoms with Gasteiger partial charge in [-0.2, -0.15) is 0 Å². The van der Waals surface area contributed by atoms with E-state index in [4.69, 9.17) is 4.98 Å². The first-order valence-corrected chi connectivity index (χ1v) is 12.0. The number of nitrogens with zero attached hydrogens (tertiary/aromatic N) is 3. The highest BCUT2D eigenvalue weighted by Gasteiger charge is 2.05. The molecule has 3 nitrogen and oxygen atoms in total. The molecule has 0 radical (unpaired) electrons. The summed E-state index contributed by atoms with van der Waals surface area (Å²) in [5, 5.41) is 3.43. The summed E-state index contributed by atoms with van der Waals surface area (Å²) in [5.41, 5.74) is 7.52. The molecular formula is C33H23N3. The van der Waals surface area contributed by atoms with Crippen molar-refractivity contribution in [3.8, 4) is 22.4 Å². The second-order valence-corrected chi connectivity index (χ2v) is 8.55. The fourth-order valence-electron chi connectivity index (χ4n) is 4.37. The highest BCUT2D eigenvalue weighted by atomic mass is 14.7. The van der Waals surface area contributed by atoms with Crippen molar-refractivity contribution in [2.75, 3.05) is 0 Å². The Balaban J connectivity index is 0.000000137. The standard InChI is InChI=1S/C18H12N2.C15H11N/c1-2-5-13(6-3-1)16-11-10-15-9-8-14-7-4-12-19-17(14)18(15)20-16;1-2-5-12(6-3-1)14-9-8-13-7-4-10-16-15(13)11-14/h1-12H;1-11H. The third kappa shape index (κ3) is 4.42. The highest BCUT2D eigenvalue weighted by Crippen LogP contribution is 2.26. The van der Waals surface area contributed by atoms with Gasteiger partial charge in [0.05, 0.1) is 22.2 Å². The van der Waals surface area contributed by atoms with Crippen molar-refractivity contribution in [1.82, 2.24) is 15.0 Å². The lowest BCUT2D eigenvalue weighted by molar-refractivity contribution is 1.37. The zero-order chi connectivity index (χ0) is 24.2. The maximum Gasteiger partial charge on any atom is 0.0972 e. The monoisotopic (exact) mass is 461 g/mol. The summed E-state index contributed by atoms with van der Waals surface area (Å²) in [7, 11) is 0. The topological polar surface area (TPSA) is 38.7 Å². The molecule has 0 aliphatic rings. The first-order valence-electron chi connectivity index (χ1n) is 12.0. The maximum atomic E-state index is 4.81. The van der Waals surface area contributed by atoms with Gasteiger partial charge in [-0.3, -0.25) is 9.97 Å². The molecule has 3 heteroatoms. The Kier molecular flexibility index (Phi) is 5.87. The Hall–Kier alpha value is -4.89. The summed E-state index contributed by atoms with van der Waals surface area (Å²) >= 11 is 0. The lowest BCUT2D eigenvalue weighted by Gasteiger charge is -2.05. The average Bonchev–Trinajstić information content (AvgIpc) is 2.98. The van der Waals surface area contributed by atoms with Gasteiger partial charge in [-0.15, -0.1) is 0 Å². The van der Waals surface area contributed by atoms with Crippen LogP contribution in [0.2, 0.25) is 0 Å². The number of hydrogen-bond donors (Lipinski definition) is 0. The zero-order valence-corrected chi connectivity index (χ0v) is 19.6. The number of rotatable bonds is 2. The van der Waals surface area contributed by atoms with E-state index in [1.165, 1.54) is 16.5 Å². The van der Waals surface area contributed by atoms with Gasteiger partial charge in [0, 0.05) is 34.1 Å². The van der Waals surface area contributed by atoms with Crippen molar-refractivity contribution in [2.24, 2.45) is 0 Å². The molecule has 3 aromatic heterocycles. The van der Waals surface area contributed by atoms with Crippen LogP contribution in [-0.2, 0) is 0 Å². The maximum absolute atomic E-state index is 4.81. The third-order valence-corrected chi connectivity index (χ3v) is 6.21. The summed E-state index contributed by atoms with van der Waals surface area (Å²) in [6, 6.07) is 43.4. The Bertz CT molecular complexity index is 1780. The van der Waals surface area contributed by atoms with Crippen molar-refractivity contribution in [3.05, 3.63) is 140 Å². The molecule has 36 heavy (non-hydrogen) atoms. The van der Waals surface area contributed by atoms with Gasteiger partial charge in [-0.25, -0.2) is 4.98 Å². The molecule has 3 heterocycles. The van der Waals surface area contributed by atoms with Crippen LogP contribution in [0.4, 0.5) is 0 Å². The van der Waals surface area contributed by atoms with Gasteiger partial charge in [0.1, 0.15) is 0 Å². The number of pyridine rings is 3. The van der Waals surface area contributed by atoms with Crippen LogP contribution >= 0.6 is 0 Å². The molecule has 7 aromatic rings. The largest absolute Gasteiger partial charge is 0.256 e. The predicted octanol–water partition coefficient (Wildman–Crippen LogP) is 8.35. The van der Waals surface area contributed by atoms with Crippen LogP contribution in [0.3, 0.4) is 0 Å². The molecule has 0 aliphatic heterocycles. The second kappa shape index (κ2) is 9.77. The molecule has 0 saturated heterocycles. The van der Waals surface area contributed by atoms with Crippen molar-refractivity contribution < 1.29 is 0 Å². The molecule has 0 fully saturated rings. The van der Waals surface area contributed by atoms with Crippen LogP contribution in [0.15, 0.2) is 140 Å². The highest BCUT2D eigenvalue weighted by molar-refractivity contribution is 6.03. The minimum absolute atomic E-state index is 0.961. The fourth-order valence-corrected chi connectivity index (χ4v) is 4.37. The Labute approximate surface area is 209 Å². The minimum Gasteiger partial charge on any atom is -0.256 e. The number of hydrogen-bond acceptors (Lipinski definition) is 3. The summed E-state index contributed by atoms with van der Waals surface area (Å²) < 4.78 is 0. The van der Waals surface area contributed by atoms with E-state index in [1.54, 1.807) is 0 Å². The molecule has 0 spiro atoms. The number of fused-ring (bicyclic) bond motifs is 4. The van der Waals surface area contributed by atoms with Crippen LogP contribution in [0, 0.1) is 0 Å². The summed E-state index contributed by atoms with van der Waals surface area (Å²) in [4.78, 5) is 13.7. The molecule has 0 saturated carbocycles. The molecule has 7 rings (SSSR count). The lowest BCUT2D eigenvalue weighted by Crippen LogP contribution is -1.88. The first-order chi connectivity index (χ1) is 17.8. The molecule has 0 atom stereocenters. The van der Waals surface area contributed by atoms with Crippen LogP contribution in [0.1, 0.15) is 0 Å². The van der Waals surface area contributed by atoms with Crippen molar-refractivity contribution in [3.63, 3.8) is 0 Å². The van der Waals surface area contributed by atoms with Gasteiger partial charge in [0.2, 0.25) is 0 Å².